The Morgan fingerprint density at radius 3 is 2.95 bits per heavy atom. The van der Waals surface area contributed by atoms with Gasteiger partial charge in [0.05, 0.1) is 6.54 Å². The molecule has 1 amide bonds. The average molecular weight is 283 g/mol. The Morgan fingerprint density at radius 1 is 1.65 bits per heavy atom. The van der Waals surface area contributed by atoms with E-state index in [1.807, 2.05) is 13.8 Å². The number of amides is 1. The van der Waals surface area contributed by atoms with Crippen molar-refractivity contribution in [1.29, 1.82) is 0 Å². The first-order valence-corrected chi connectivity index (χ1v) is 7.00. The monoisotopic (exact) mass is 283 g/mol. The minimum atomic E-state index is -1.14. The third-order valence-corrected chi connectivity index (χ3v) is 3.94. The molecule has 0 bridgehead atoms. The molecule has 0 aromatic carbocycles. The van der Waals surface area contributed by atoms with Crippen molar-refractivity contribution in [3.05, 3.63) is 0 Å². The van der Waals surface area contributed by atoms with E-state index >= 15 is 0 Å². The van der Waals surface area contributed by atoms with Crippen LogP contribution in [0.1, 0.15) is 20.3 Å². The Morgan fingerprint density at radius 2 is 2.35 bits per heavy atom. The molecule has 0 aromatic rings. The second kappa shape index (κ2) is 5.71. The van der Waals surface area contributed by atoms with E-state index < -0.39 is 18.6 Å². The summed E-state index contributed by atoms with van der Waals surface area (Å²) in [5.41, 5.74) is 10.4. The third kappa shape index (κ3) is 2.82. The fraction of sp³-hybridized carbons (Fsp3) is 0.833. The van der Waals surface area contributed by atoms with Gasteiger partial charge in [0.2, 0.25) is 5.91 Å². The van der Waals surface area contributed by atoms with Gasteiger partial charge in [0.1, 0.15) is 5.54 Å². The lowest BCUT2D eigenvalue weighted by atomic mass is 9.78. The van der Waals surface area contributed by atoms with Gasteiger partial charge >= 0.3 is 13.1 Å². The van der Waals surface area contributed by atoms with Gasteiger partial charge in [0.25, 0.3) is 0 Å². The zero-order valence-electron chi connectivity index (χ0n) is 12.0. The largest absolute Gasteiger partial charge is 0.527 e. The zero-order valence-corrected chi connectivity index (χ0v) is 12.0. The predicted octanol–water partition coefficient (Wildman–Crippen LogP) is -1.04. The van der Waals surface area contributed by atoms with Gasteiger partial charge in [-0.15, -0.1) is 0 Å². The highest BCUT2D eigenvalue weighted by atomic mass is 16.6. The molecule has 2 fully saturated rings. The van der Waals surface area contributed by atoms with Crippen molar-refractivity contribution in [2.24, 2.45) is 17.4 Å². The van der Waals surface area contributed by atoms with Crippen LogP contribution in [0, 0.1) is 5.92 Å². The SMILES string of the molecule is CC(C)OB1CCC2CN(C(=O)CN)CC2(N)C(=O)O1. The molecule has 2 unspecified atom stereocenters. The van der Waals surface area contributed by atoms with Crippen LogP contribution in [0.15, 0.2) is 0 Å². The molecule has 0 spiro atoms. The Balaban J connectivity index is 2.09. The molecule has 112 valence electrons. The molecule has 2 saturated heterocycles. The third-order valence-electron chi connectivity index (χ3n) is 3.94. The number of fused-ring (bicyclic) bond motifs is 1. The van der Waals surface area contributed by atoms with Crippen molar-refractivity contribution in [2.45, 2.75) is 38.2 Å². The summed E-state index contributed by atoms with van der Waals surface area (Å²) in [6, 6.07) is 0. The van der Waals surface area contributed by atoms with Crippen LogP contribution >= 0.6 is 0 Å². The molecule has 0 saturated carbocycles. The average Bonchev–Trinajstić information content (AvgIpc) is 2.68. The number of hydrogen-bond acceptors (Lipinski definition) is 6. The Kier molecular flexibility index (Phi) is 4.36. The first kappa shape index (κ1) is 15.3. The van der Waals surface area contributed by atoms with Crippen LogP contribution in [0.3, 0.4) is 0 Å². The van der Waals surface area contributed by atoms with Crippen molar-refractivity contribution in [3.63, 3.8) is 0 Å². The molecule has 2 rings (SSSR count). The Bertz CT molecular complexity index is 406. The van der Waals surface area contributed by atoms with Crippen molar-refractivity contribution < 1.29 is 18.9 Å². The maximum absolute atomic E-state index is 12.3. The smallest absolute Gasteiger partial charge is 0.508 e. The number of carbonyl (C=O) groups excluding carboxylic acids is 2. The van der Waals surface area contributed by atoms with Gasteiger partial charge < -0.3 is 25.7 Å². The number of carbonyl (C=O) groups is 2. The fourth-order valence-electron chi connectivity index (χ4n) is 2.86. The quantitative estimate of drug-likeness (QED) is 0.641. The van der Waals surface area contributed by atoms with Gasteiger partial charge in [-0.1, -0.05) is 0 Å². The van der Waals surface area contributed by atoms with Gasteiger partial charge in [-0.2, -0.15) is 0 Å². The maximum atomic E-state index is 12.3. The van der Waals surface area contributed by atoms with E-state index in [4.69, 9.17) is 20.8 Å². The lowest BCUT2D eigenvalue weighted by Crippen LogP contribution is -2.55. The van der Waals surface area contributed by atoms with Crippen LogP contribution in [-0.4, -0.2) is 55.2 Å². The Hall–Kier alpha value is -1.12. The van der Waals surface area contributed by atoms with Crippen molar-refractivity contribution >= 4 is 19.0 Å². The molecule has 7 nitrogen and oxygen atoms in total. The molecular weight excluding hydrogens is 261 g/mol. The van der Waals surface area contributed by atoms with Crippen molar-refractivity contribution in [1.82, 2.24) is 4.90 Å². The number of nitrogens with zero attached hydrogens (tertiary/aromatic N) is 1. The normalized spacial score (nSPS) is 30.2. The van der Waals surface area contributed by atoms with Crippen molar-refractivity contribution in [3.8, 4) is 0 Å². The van der Waals surface area contributed by atoms with E-state index in [0.29, 0.717) is 19.3 Å². The molecule has 20 heavy (non-hydrogen) atoms. The van der Waals surface area contributed by atoms with Gasteiger partial charge in [-0.3, -0.25) is 9.59 Å². The number of hydrogen-bond donors (Lipinski definition) is 2. The van der Waals surface area contributed by atoms with Crippen LogP contribution in [0.2, 0.25) is 6.32 Å². The molecule has 0 aromatic heterocycles. The first-order valence-electron chi connectivity index (χ1n) is 7.00. The minimum Gasteiger partial charge on any atom is -0.508 e. The zero-order chi connectivity index (χ0) is 14.9. The molecule has 4 N–H and O–H groups in total. The lowest BCUT2D eigenvalue weighted by molar-refractivity contribution is -0.142. The van der Waals surface area contributed by atoms with Crippen LogP contribution in [0.25, 0.3) is 0 Å². The van der Waals surface area contributed by atoms with E-state index in [-0.39, 0.29) is 31.0 Å². The summed E-state index contributed by atoms with van der Waals surface area (Å²) in [6.07, 6.45) is 1.27. The van der Waals surface area contributed by atoms with Gasteiger partial charge in [0, 0.05) is 25.1 Å². The number of likely N-dealkylation sites (tertiary alicyclic amines) is 1. The second-order valence-corrected chi connectivity index (χ2v) is 5.81. The maximum Gasteiger partial charge on any atom is 0.527 e. The van der Waals surface area contributed by atoms with Gasteiger partial charge in [0.15, 0.2) is 0 Å². The molecule has 2 heterocycles. The van der Waals surface area contributed by atoms with Crippen LogP contribution in [0.5, 0.6) is 0 Å². The van der Waals surface area contributed by atoms with Gasteiger partial charge in [-0.05, 0) is 26.6 Å². The lowest BCUT2D eigenvalue weighted by Gasteiger charge is -2.25. The number of nitrogens with two attached hydrogens (primary N) is 2. The standard InChI is InChI=1S/C12H22BN3O4/c1-8(2)19-13-4-3-9-6-16(10(17)5-14)7-12(9,15)11(18)20-13/h8-9H,3-7,14-15H2,1-2H3. The number of rotatable bonds is 3. The summed E-state index contributed by atoms with van der Waals surface area (Å²) in [5, 5.41) is 0. The molecule has 0 aliphatic carbocycles. The summed E-state index contributed by atoms with van der Waals surface area (Å²) >= 11 is 0. The predicted molar refractivity (Wildman–Crippen MR) is 73.5 cm³/mol. The first-order chi connectivity index (χ1) is 9.36. The van der Waals surface area contributed by atoms with E-state index in [1.54, 1.807) is 4.90 Å². The van der Waals surface area contributed by atoms with Crippen LogP contribution < -0.4 is 11.5 Å². The summed E-state index contributed by atoms with van der Waals surface area (Å²) in [7, 11) is -0.549. The summed E-state index contributed by atoms with van der Waals surface area (Å²) in [4.78, 5) is 25.5. The molecular formula is C12H22BN3O4. The summed E-state index contributed by atoms with van der Waals surface area (Å²) in [5.74, 6) is -0.782. The molecule has 2 atom stereocenters. The van der Waals surface area contributed by atoms with E-state index in [2.05, 4.69) is 0 Å². The second-order valence-electron chi connectivity index (χ2n) is 5.81. The molecule has 2 aliphatic rings. The molecule has 2 aliphatic heterocycles. The highest BCUT2D eigenvalue weighted by molar-refractivity contribution is 6.47. The van der Waals surface area contributed by atoms with E-state index in [9.17, 15) is 9.59 Å². The highest BCUT2D eigenvalue weighted by Gasteiger charge is 2.54. The summed E-state index contributed by atoms with van der Waals surface area (Å²) < 4.78 is 10.9. The topological polar surface area (TPSA) is 108 Å². The fourth-order valence-corrected chi connectivity index (χ4v) is 2.86. The van der Waals surface area contributed by atoms with Gasteiger partial charge in [-0.25, -0.2) is 0 Å². The minimum absolute atomic E-state index is 0.0187. The van der Waals surface area contributed by atoms with Crippen molar-refractivity contribution in [2.75, 3.05) is 19.6 Å². The van der Waals surface area contributed by atoms with Crippen LogP contribution in [0.4, 0.5) is 0 Å². The van der Waals surface area contributed by atoms with E-state index in [0.717, 1.165) is 0 Å². The molecule has 0 radical (unpaired) electrons. The summed E-state index contributed by atoms with van der Waals surface area (Å²) in [6.45, 7) is 4.33. The van der Waals surface area contributed by atoms with E-state index in [1.165, 1.54) is 0 Å². The molecule has 8 heteroatoms. The highest BCUT2D eigenvalue weighted by Crippen LogP contribution is 2.34. The van der Waals surface area contributed by atoms with Crippen LogP contribution in [-0.2, 0) is 18.9 Å². The Labute approximate surface area is 119 Å².